The summed E-state index contributed by atoms with van der Waals surface area (Å²) in [6.45, 7) is 22.8. The number of para-hydroxylation sites is 1. The minimum atomic E-state index is -2.10. The van der Waals surface area contributed by atoms with E-state index in [0.717, 1.165) is 0 Å². The van der Waals surface area contributed by atoms with Gasteiger partial charge in [-0.1, -0.05) is 59.7 Å². The third-order valence-electron chi connectivity index (χ3n) is 8.81. The van der Waals surface area contributed by atoms with Crippen molar-refractivity contribution < 1.29 is 18.5 Å². The van der Waals surface area contributed by atoms with Crippen molar-refractivity contribution in [2.45, 2.75) is 109 Å². The number of ether oxygens (including phenoxy) is 1. The van der Waals surface area contributed by atoms with Crippen molar-refractivity contribution in [1.82, 2.24) is 4.98 Å². The van der Waals surface area contributed by atoms with Gasteiger partial charge in [0.25, 0.3) is 11.2 Å². The summed E-state index contributed by atoms with van der Waals surface area (Å²) in [5, 5.41) is 14.5. The van der Waals surface area contributed by atoms with Gasteiger partial charge in [-0.3, -0.25) is 14.9 Å². The van der Waals surface area contributed by atoms with Crippen LogP contribution in [0.2, 0.25) is 36.3 Å². The fraction of sp³-hybridized carbons (Fsp3) is 0.621. The van der Waals surface area contributed by atoms with Gasteiger partial charge < -0.3 is 23.9 Å². The van der Waals surface area contributed by atoms with Gasteiger partial charge in [0.1, 0.15) is 11.9 Å². The molecule has 0 amide bonds. The number of aromatic amines is 1. The van der Waals surface area contributed by atoms with Crippen molar-refractivity contribution in [1.29, 1.82) is 0 Å². The van der Waals surface area contributed by atoms with Crippen LogP contribution < -0.4 is 10.9 Å². The molecule has 0 bridgehead atoms. The molecule has 1 aromatic carbocycles. The highest BCUT2D eigenvalue weighted by Crippen LogP contribution is 2.43. The number of anilines is 1. The Balaban J connectivity index is 1.79. The van der Waals surface area contributed by atoms with Crippen LogP contribution in [0.1, 0.15) is 65.2 Å². The van der Waals surface area contributed by atoms with Crippen molar-refractivity contribution in [3.63, 3.8) is 0 Å². The molecule has 0 spiro atoms. The van der Waals surface area contributed by atoms with Crippen LogP contribution in [0.15, 0.2) is 41.2 Å². The number of pyridine rings is 1. The average molecular weight is 590 g/mol. The number of nitro benzene ring substituents is 1. The highest BCUT2D eigenvalue weighted by atomic mass is 28.4. The number of benzene rings is 1. The van der Waals surface area contributed by atoms with Crippen LogP contribution in [0.5, 0.6) is 0 Å². The largest absolute Gasteiger partial charge is 0.414 e. The Morgan fingerprint density at radius 3 is 2.23 bits per heavy atom. The van der Waals surface area contributed by atoms with Gasteiger partial charge in [0.15, 0.2) is 16.6 Å². The summed E-state index contributed by atoms with van der Waals surface area (Å²) in [5.74, 6) is 0.483. The van der Waals surface area contributed by atoms with Crippen molar-refractivity contribution in [3.8, 4) is 0 Å². The molecule has 0 radical (unpaired) electrons. The Bertz CT molecular complexity index is 1250. The molecule has 3 atom stereocenters. The monoisotopic (exact) mass is 589 g/mol. The van der Waals surface area contributed by atoms with E-state index in [4.69, 9.17) is 13.6 Å². The molecule has 1 saturated heterocycles. The van der Waals surface area contributed by atoms with Crippen molar-refractivity contribution in [2.24, 2.45) is 0 Å². The highest BCUT2D eigenvalue weighted by molar-refractivity contribution is 6.74. The van der Waals surface area contributed by atoms with Crippen LogP contribution in [0.25, 0.3) is 0 Å². The molecule has 1 aliphatic heterocycles. The topological polar surface area (TPSA) is 116 Å². The molecule has 1 fully saturated rings. The zero-order valence-electron chi connectivity index (χ0n) is 25.7. The van der Waals surface area contributed by atoms with E-state index in [1.54, 1.807) is 30.3 Å². The van der Waals surface area contributed by atoms with Gasteiger partial charge in [-0.2, -0.15) is 0 Å². The van der Waals surface area contributed by atoms with Crippen LogP contribution in [-0.2, 0) is 20.1 Å². The number of hydrogen-bond acceptors (Lipinski definition) is 7. The first kappa shape index (κ1) is 32.2. The van der Waals surface area contributed by atoms with E-state index < -0.39 is 27.7 Å². The second-order valence-electron chi connectivity index (χ2n) is 13.8. The van der Waals surface area contributed by atoms with E-state index in [9.17, 15) is 14.9 Å². The summed E-state index contributed by atoms with van der Waals surface area (Å²) in [5.41, 5.74) is 0.850. The predicted molar refractivity (Wildman–Crippen MR) is 165 cm³/mol. The maximum Gasteiger partial charge on any atom is 0.274 e. The molecule has 0 aliphatic carbocycles. The number of rotatable bonds is 10. The Morgan fingerprint density at radius 2 is 1.65 bits per heavy atom. The van der Waals surface area contributed by atoms with Gasteiger partial charge in [-0.15, -0.1) is 0 Å². The highest BCUT2D eigenvalue weighted by Gasteiger charge is 2.46. The Kier molecular flexibility index (Phi) is 9.57. The second-order valence-corrected chi connectivity index (χ2v) is 23.3. The molecule has 9 nitrogen and oxygen atoms in total. The molecule has 11 heteroatoms. The van der Waals surface area contributed by atoms with Crippen LogP contribution in [-0.4, -0.2) is 45.4 Å². The zero-order chi connectivity index (χ0) is 30.1. The Morgan fingerprint density at radius 1 is 1.02 bits per heavy atom. The van der Waals surface area contributed by atoms with Gasteiger partial charge in [-0.05, 0) is 48.4 Å². The smallest absolute Gasteiger partial charge is 0.274 e. The fourth-order valence-electron chi connectivity index (χ4n) is 4.12. The lowest BCUT2D eigenvalue weighted by atomic mass is 10.1. The van der Waals surface area contributed by atoms with E-state index in [0.29, 0.717) is 30.0 Å². The molecule has 40 heavy (non-hydrogen) atoms. The van der Waals surface area contributed by atoms with Gasteiger partial charge in [0.2, 0.25) is 0 Å². The quantitative estimate of drug-likeness (QED) is 0.172. The fourth-order valence-corrected chi connectivity index (χ4v) is 6.49. The molecule has 1 aromatic heterocycles. The number of hydrogen-bond donors (Lipinski definition) is 2. The van der Waals surface area contributed by atoms with Gasteiger partial charge >= 0.3 is 0 Å². The standard InChI is InChI=1S/C29H47N3O6Si2/c1-28(2,3)39(7,8)36-19-25-24(38-40(9,10)29(4,5)6)17-23(37-25)21-15-16-26(31-27(21)33)30-18-20-13-11-12-14-22(20)32(34)35/h11-16,23-25H,17-19H2,1-10H3,(H2,30,31,33)/t23-,24-,25-/m1/s1. The van der Waals surface area contributed by atoms with Crippen molar-refractivity contribution in [2.75, 3.05) is 11.9 Å². The normalized spacial score (nSPS) is 20.5. The summed E-state index contributed by atoms with van der Waals surface area (Å²) in [6.07, 6.45) is -0.296. The lowest BCUT2D eigenvalue weighted by Gasteiger charge is -2.40. The minimum absolute atomic E-state index is 0.0343. The van der Waals surface area contributed by atoms with Gasteiger partial charge in [0.05, 0.1) is 23.7 Å². The van der Waals surface area contributed by atoms with Gasteiger partial charge in [0, 0.05) is 30.2 Å². The number of aromatic nitrogens is 1. The molecular formula is C29H47N3O6Si2. The molecule has 222 valence electrons. The number of H-pyrrole nitrogens is 1. The molecule has 2 N–H and O–H groups in total. The van der Waals surface area contributed by atoms with Crippen molar-refractivity contribution >= 4 is 28.1 Å². The molecule has 1 aliphatic rings. The summed E-state index contributed by atoms with van der Waals surface area (Å²) in [6, 6.07) is 10.1. The number of nitrogens with zero attached hydrogens (tertiary/aromatic N) is 1. The van der Waals surface area contributed by atoms with E-state index in [2.05, 4.69) is 78.0 Å². The Hall–Kier alpha value is -2.32. The number of nitrogens with one attached hydrogen (secondary N) is 2. The molecule has 2 aromatic rings. The van der Waals surface area contributed by atoms with E-state index in [1.807, 2.05) is 0 Å². The van der Waals surface area contributed by atoms with Crippen LogP contribution in [0.4, 0.5) is 11.5 Å². The SMILES string of the molecule is CC(C)(C)[Si](C)(C)OC[C@H]1O[C@@H](c2ccc(NCc3ccccc3[N+](=O)[O-])[nH]c2=O)C[C@H]1O[Si](C)(C)C(C)(C)C. The lowest BCUT2D eigenvalue weighted by Crippen LogP contribution is -2.48. The van der Waals surface area contributed by atoms with E-state index in [1.165, 1.54) is 6.07 Å². The Labute approximate surface area is 240 Å². The first-order valence-corrected chi connectivity index (χ1v) is 19.8. The van der Waals surface area contributed by atoms with Crippen LogP contribution >= 0.6 is 0 Å². The third kappa shape index (κ3) is 7.49. The molecular weight excluding hydrogens is 543 g/mol. The number of nitro groups is 1. The van der Waals surface area contributed by atoms with Gasteiger partial charge in [-0.25, -0.2) is 0 Å². The zero-order valence-corrected chi connectivity index (χ0v) is 27.7. The maximum atomic E-state index is 13.2. The van der Waals surface area contributed by atoms with Crippen LogP contribution in [0, 0.1) is 10.1 Å². The molecule has 0 unspecified atom stereocenters. The van der Waals surface area contributed by atoms with E-state index >= 15 is 0 Å². The van der Waals surface area contributed by atoms with Crippen LogP contribution in [0.3, 0.4) is 0 Å². The second kappa shape index (κ2) is 11.9. The molecule has 0 saturated carbocycles. The first-order valence-electron chi connectivity index (χ1n) is 14.0. The summed E-state index contributed by atoms with van der Waals surface area (Å²) in [4.78, 5) is 27.0. The lowest BCUT2D eigenvalue weighted by molar-refractivity contribution is -0.385. The molecule has 2 heterocycles. The summed E-state index contributed by atoms with van der Waals surface area (Å²) >= 11 is 0. The third-order valence-corrected chi connectivity index (χ3v) is 17.8. The summed E-state index contributed by atoms with van der Waals surface area (Å²) < 4.78 is 19.9. The van der Waals surface area contributed by atoms with Crippen molar-refractivity contribution in [3.05, 3.63) is 68.0 Å². The maximum absolute atomic E-state index is 13.2. The predicted octanol–water partition coefficient (Wildman–Crippen LogP) is 7.14. The molecule has 3 rings (SSSR count). The van der Waals surface area contributed by atoms with E-state index in [-0.39, 0.29) is 40.1 Å². The first-order chi connectivity index (χ1) is 18.3. The average Bonchev–Trinajstić information content (AvgIpc) is 3.21. The summed E-state index contributed by atoms with van der Waals surface area (Å²) in [7, 11) is -4.11. The minimum Gasteiger partial charge on any atom is -0.414 e.